The SMILES string of the molecule is CCC(C)C(Cc1ccccc1)NC[C@H](O)c1ccccc1. The van der Waals surface area contributed by atoms with E-state index < -0.39 is 6.10 Å². The summed E-state index contributed by atoms with van der Waals surface area (Å²) in [6.07, 6.45) is 1.67. The maximum atomic E-state index is 10.3. The van der Waals surface area contributed by atoms with E-state index >= 15 is 0 Å². The van der Waals surface area contributed by atoms with Gasteiger partial charge in [0.05, 0.1) is 6.10 Å². The van der Waals surface area contributed by atoms with Crippen LogP contribution in [0.4, 0.5) is 0 Å². The van der Waals surface area contributed by atoms with E-state index in [4.69, 9.17) is 0 Å². The topological polar surface area (TPSA) is 32.3 Å². The molecule has 3 atom stereocenters. The van der Waals surface area contributed by atoms with Gasteiger partial charge in [-0.3, -0.25) is 0 Å². The molecule has 2 aromatic rings. The minimum Gasteiger partial charge on any atom is -0.387 e. The Balaban J connectivity index is 1.95. The molecule has 0 aliphatic carbocycles. The smallest absolute Gasteiger partial charge is 0.0914 e. The largest absolute Gasteiger partial charge is 0.387 e. The molecule has 2 N–H and O–H groups in total. The molecular formula is C20H27NO. The summed E-state index contributed by atoms with van der Waals surface area (Å²) in [4.78, 5) is 0. The molecule has 0 heterocycles. The van der Waals surface area contributed by atoms with Gasteiger partial charge < -0.3 is 10.4 Å². The molecule has 2 aromatic carbocycles. The fraction of sp³-hybridized carbons (Fsp3) is 0.400. The van der Waals surface area contributed by atoms with Crippen molar-refractivity contribution >= 4 is 0 Å². The van der Waals surface area contributed by atoms with Crippen molar-refractivity contribution in [3.8, 4) is 0 Å². The molecule has 2 nitrogen and oxygen atoms in total. The van der Waals surface area contributed by atoms with Crippen LogP contribution < -0.4 is 5.32 Å². The van der Waals surface area contributed by atoms with Crippen molar-refractivity contribution in [3.63, 3.8) is 0 Å². The second kappa shape index (κ2) is 8.72. The Hall–Kier alpha value is -1.64. The standard InChI is InChI=1S/C20H27NO/c1-3-16(2)19(14-17-10-6-4-7-11-17)21-15-20(22)18-12-8-5-9-13-18/h4-13,16,19-22H,3,14-15H2,1-2H3/t16?,19?,20-/m0/s1. The molecule has 2 unspecified atom stereocenters. The summed E-state index contributed by atoms with van der Waals surface area (Å²) in [6, 6.07) is 20.8. The van der Waals surface area contributed by atoms with E-state index in [0.29, 0.717) is 18.5 Å². The quantitative estimate of drug-likeness (QED) is 0.773. The Labute approximate surface area is 134 Å². The van der Waals surface area contributed by atoms with Crippen molar-refractivity contribution in [2.45, 2.75) is 38.8 Å². The number of hydrogen-bond donors (Lipinski definition) is 2. The minimum absolute atomic E-state index is 0.380. The lowest BCUT2D eigenvalue weighted by atomic mass is 9.92. The lowest BCUT2D eigenvalue weighted by molar-refractivity contribution is 0.164. The summed E-state index contributed by atoms with van der Waals surface area (Å²) in [5.41, 5.74) is 2.31. The van der Waals surface area contributed by atoms with Gasteiger partial charge in [0.25, 0.3) is 0 Å². The number of rotatable bonds is 8. The van der Waals surface area contributed by atoms with Crippen molar-refractivity contribution in [1.29, 1.82) is 0 Å². The molecule has 118 valence electrons. The van der Waals surface area contributed by atoms with Crippen molar-refractivity contribution in [2.24, 2.45) is 5.92 Å². The van der Waals surface area contributed by atoms with Gasteiger partial charge in [-0.05, 0) is 23.5 Å². The lowest BCUT2D eigenvalue weighted by Gasteiger charge is -2.26. The van der Waals surface area contributed by atoms with Crippen LogP contribution in [0.1, 0.15) is 37.5 Å². The zero-order valence-corrected chi connectivity index (χ0v) is 13.6. The third kappa shape index (κ3) is 4.97. The molecular weight excluding hydrogens is 270 g/mol. The van der Waals surface area contributed by atoms with Gasteiger partial charge in [0.2, 0.25) is 0 Å². The maximum Gasteiger partial charge on any atom is 0.0914 e. The number of benzene rings is 2. The van der Waals surface area contributed by atoms with Crippen LogP contribution in [0.3, 0.4) is 0 Å². The first-order valence-corrected chi connectivity index (χ1v) is 8.21. The van der Waals surface area contributed by atoms with Crippen LogP contribution >= 0.6 is 0 Å². The normalized spacial score (nSPS) is 15.2. The molecule has 2 rings (SSSR count). The molecule has 0 amide bonds. The van der Waals surface area contributed by atoms with Gasteiger partial charge in [0, 0.05) is 12.6 Å². The van der Waals surface area contributed by atoms with Crippen molar-refractivity contribution in [1.82, 2.24) is 5.32 Å². The van der Waals surface area contributed by atoms with E-state index in [1.807, 2.05) is 36.4 Å². The first kappa shape index (κ1) is 16.7. The predicted octanol–water partition coefficient (Wildman–Crippen LogP) is 3.97. The van der Waals surface area contributed by atoms with Gasteiger partial charge in [-0.2, -0.15) is 0 Å². The van der Waals surface area contributed by atoms with E-state index in [9.17, 15) is 5.11 Å². The van der Waals surface area contributed by atoms with Crippen molar-refractivity contribution in [3.05, 3.63) is 71.8 Å². The highest BCUT2D eigenvalue weighted by molar-refractivity contribution is 5.18. The summed E-state index contributed by atoms with van der Waals surface area (Å²) in [5.74, 6) is 0.572. The highest BCUT2D eigenvalue weighted by Gasteiger charge is 2.17. The molecule has 0 bridgehead atoms. The second-order valence-corrected chi connectivity index (χ2v) is 6.02. The summed E-state index contributed by atoms with van der Waals surface area (Å²) in [7, 11) is 0. The highest BCUT2D eigenvalue weighted by Crippen LogP contribution is 2.16. The van der Waals surface area contributed by atoms with Crippen LogP contribution in [-0.2, 0) is 6.42 Å². The first-order chi connectivity index (χ1) is 10.7. The Morgan fingerprint density at radius 1 is 0.955 bits per heavy atom. The Bertz CT molecular complexity index is 526. The Morgan fingerprint density at radius 3 is 2.14 bits per heavy atom. The van der Waals surface area contributed by atoms with Crippen LogP contribution in [0.2, 0.25) is 0 Å². The minimum atomic E-state index is -0.455. The number of aliphatic hydroxyl groups excluding tert-OH is 1. The van der Waals surface area contributed by atoms with Gasteiger partial charge in [0.15, 0.2) is 0 Å². The molecule has 0 aromatic heterocycles. The fourth-order valence-corrected chi connectivity index (χ4v) is 2.68. The molecule has 2 heteroatoms. The van der Waals surface area contributed by atoms with Gasteiger partial charge in [0.1, 0.15) is 0 Å². The maximum absolute atomic E-state index is 10.3. The fourth-order valence-electron chi connectivity index (χ4n) is 2.68. The zero-order valence-electron chi connectivity index (χ0n) is 13.6. The lowest BCUT2D eigenvalue weighted by Crippen LogP contribution is -2.39. The van der Waals surface area contributed by atoms with Gasteiger partial charge >= 0.3 is 0 Å². The van der Waals surface area contributed by atoms with E-state index in [-0.39, 0.29) is 0 Å². The predicted molar refractivity (Wildman–Crippen MR) is 92.8 cm³/mol. The second-order valence-electron chi connectivity index (χ2n) is 6.02. The zero-order chi connectivity index (χ0) is 15.8. The van der Waals surface area contributed by atoms with Crippen LogP contribution in [0, 0.1) is 5.92 Å². The molecule has 0 saturated heterocycles. The Kier molecular flexibility index (Phi) is 6.63. The van der Waals surface area contributed by atoms with E-state index in [0.717, 1.165) is 18.4 Å². The van der Waals surface area contributed by atoms with Crippen molar-refractivity contribution in [2.75, 3.05) is 6.54 Å². The van der Waals surface area contributed by atoms with E-state index in [1.54, 1.807) is 0 Å². The molecule has 0 aliphatic rings. The summed E-state index contributed by atoms with van der Waals surface area (Å²) < 4.78 is 0. The van der Waals surface area contributed by atoms with Gasteiger partial charge in [-0.25, -0.2) is 0 Å². The van der Waals surface area contributed by atoms with Crippen molar-refractivity contribution < 1.29 is 5.11 Å². The molecule has 0 fully saturated rings. The Morgan fingerprint density at radius 2 is 1.55 bits per heavy atom. The molecule has 22 heavy (non-hydrogen) atoms. The highest BCUT2D eigenvalue weighted by atomic mass is 16.3. The van der Waals surface area contributed by atoms with Crippen LogP contribution in [0.5, 0.6) is 0 Å². The summed E-state index contributed by atoms with van der Waals surface area (Å²) in [5, 5.41) is 13.9. The van der Waals surface area contributed by atoms with E-state index in [1.165, 1.54) is 5.56 Å². The summed E-state index contributed by atoms with van der Waals surface area (Å²) >= 11 is 0. The number of hydrogen-bond acceptors (Lipinski definition) is 2. The van der Waals surface area contributed by atoms with Crippen LogP contribution in [0.25, 0.3) is 0 Å². The average molecular weight is 297 g/mol. The van der Waals surface area contributed by atoms with Gasteiger partial charge in [-0.1, -0.05) is 80.9 Å². The number of nitrogens with one attached hydrogen (secondary N) is 1. The first-order valence-electron chi connectivity index (χ1n) is 8.21. The molecule has 0 saturated carbocycles. The molecule has 0 spiro atoms. The number of aliphatic hydroxyl groups is 1. The monoisotopic (exact) mass is 297 g/mol. The van der Waals surface area contributed by atoms with Crippen LogP contribution in [0.15, 0.2) is 60.7 Å². The third-order valence-electron chi connectivity index (χ3n) is 4.39. The molecule has 0 aliphatic heterocycles. The molecule has 0 radical (unpaired) electrons. The van der Waals surface area contributed by atoms with Gasteiger partial charge in [-0.15, -0.1) is 0 Å². The van der Waals surface area contributed by atoms with Crippen LogP contribution in [-0.4, -0.2) is 17.7 Å². The average Bonchev–Trinajstić information content (AvgIpc) is 2.59. The van der Waals surface area contributed by atoms with E-state index in [2.05, 4.69) is 43.4 Å². The third-order valence-corrected chi connectivity index (χ3v) is 4.39. The summed E-state index contributed by atoms with van der Waals surface area (Å²) in [6.45, 7) is 5.08.